The van der Waals surface area contributed by atoms with Gasteiger partial charge in [0.25, 0.3) is 5.91 Å². The van der Waals surface area contributed by atoms with Gasteiger partial charge in [0.2, 0.25) is 0 Å². The first kappa shape index (κ1) is 30.4. The molecule has 0 fully saturated rings. The number of hydrogen-bond donors (Lipinski definition) is 1. The van der Waals surface area contributed by atoms with Crippen LogP contribution in [0.5, 0.6) is 5.75 Å². The number of benzene rings is 2. The zero-order valence-electron chi connectivity index (χ0n) is 23.3. The molecule has 0 saturated carbocycles. The van der Waals surface area contributed by atoms with Gasteiger partial charge in [0, 0.05) is 23.5 Å². The Bertz CT molecular complexity index is 1030. The molecule has 1 heterocycles. The van der Waals surface area contributed by atoms with E-state index in [2.05, 4.69) is 35.5 Å². The van der Waals surface area contributed by atoms with Crippen molar-refractivity contribution in [3.63, 3.8) is 0 Å². The predicted octanol–water partition coefficient (Wildman–Crippen LogP) is 10.0. The Balaban J connectivity index is 1.35. The molecule has 1 aliphatic heterocycles. The number of carbonyl (C=O) groups excluding carboxylic acids is 1. The zero-order chi connectivity index (χ0) is 27.0. The number of allylic oxidation sites excluding steroid dienone is 1. The quantitative estimate of drug-likeness (QED) is 0.185. The predicted molar refractivity (Wildman–Crippen MR) is 164 cm³/mol. The maximum atomic E-state index is 12.9. The minimum absolute atomic E-state index is 0.165. The van der Waals surface area contributed by atoms with Crippen molar-refractivity contribution in [3.8, 4) is 5.75 Å². The van der Waals surface area contributed by atoms with E-state index in [1.54, 1.807) is 18.2 Å². The molecule has 4 nitrogen and oxygen atoms in total. The van der Waals surface area contributed by atoms with Crippen LogP contribution in [0.1, 0.15) is 107 Å². The number of halogens is 1. The lowest BCUT2D eigenvalue weighted by molar-refractivity contribution is 0.102. The van der Waals surface area contributed by atoms with Crippen molar-refractivity contribution in [2.45, 2.75) is 97.4 Å². The van der Waals surface area contributed by atoms with Crippen molar-refractivity contribution in [3.05, 3.63) is 69.7 Å². The van der Waals surface area contributed by atoms with Gasteiger partial charge in [-0.25, -0.2) is 0 Å². The summed E-state index contributed by atoms with van der Waals surface area (Å²) in [5.74, 6) is 1.38. The van der Waals surface area contributed by atoms with Crippen LogP contribution in [-0.2, 0) is 6.54 Å². The number of amides is 1. The van der Waals surface area contributed by atoms with Crippen molar-refractivity contribution in [1.82, 2.24) is 4.90 Å². The summed E-state index contributed by atoms with van der Waals surface area (Å²) in [5.41, 5.74) is 3.77. The highest BCUT2D eigenvalue weighted by molar-refractivity contribution is 8.02. The second-order valence-corrected chi connectivity index (χ2v) is 11.5. The molecule has 1 amide bonds. The molecule has 0 unspecified atom stereocenters. The fourth-order valence-electron chi connectivity index (χ4n) is 4.65. The van der Waals surface area contributed by atoms with E-state index in [1.807, 2.05) is 30.0 Å². The molecule has 6 heteroatoms. The number of nitrogens with one attached hydrogen (secondary N) is 1. The number of rotatable bonds is 18. The van der Waals surface area contributed by atoms with Gasteiger partial charge in [0.15, 0.2) is 0 Å². The van der Waals surface area contributed by atoms with Crippen LogP contribution in [0.2, 0.25) is 5.02 Å². The molecule has 0 radical (unpaired) electrons. The summed E-state index contributed by atoms with van der Waals surface area (Å²) in [6, 6.07) is 13.3. The molecule has 0 spiro atoms. The maximum absolute atomic E-state index is 12.9. The lowest BCUT2D eigenvalue weighted by Crippen LogP contribution is -2.17. The Hall–Kier alpha value is -2.11. The fourth-order valence-corrected chi connectivity index (χ4v) is 5.76. The van der Waals surface area contributed by atoms with Crippen molar-refractivity contribution < 1.29 is 9.53 Å². The van der Waals surface area contributed by atoms with Gasteiger partial charge in [-0.05, 0) is 54.6 Å². The number of anilines is 1. The highest BCUT2D eigenvalue weighted by Crippen LogP contribution is 2.27. The van der Waals surface area contributed by atoms with Crippen LogP contribution in [0.3, 0.4) is 0 Å². The van der Waals surface area contributed by atoms with Gasteiger partial charge in [-0.1, -0.05) is 101 Å². The van der Waals surface area contributed by atoms with E-state index in [9.17, 15) is 4.79 Å². The average molecular weight is 557 g/mol. The molecule has 208 valence electrons. The smallest absolute Gasteiger partial charge is 0.255 e. The highest BCUT2D eigenvalue weighted by Gasteiger charge is 2.14. The molecule has 1 aliphatic rings. The van der Waals surface area contributed by atoms with Crippen LogP contribution in [0, 0.1) is 0 Å². The summed E-state index contributed by atoms with van der Waals surface area (Å²) in [6.07, 6.45) is 15.7. The molecule has 0 bridgehead atoms. The van der Waals surface area contributed by atoms with E-state index in [0.717, 1.165) is 31.0 Å². The number of unbranched alkanes of at least 4 members (excludes halogenated alkanes) is 11. The van der Waals surface area contributed by atoms with E-state index < -0.39 is 0 Å². The molecule has 3 rings (SSSR count). The number of hydrogen-bond acceptors (Lipinski definition) is 4. The summed E-state index contributed by atoms with van der Waals surface area (Å²) < 4.78 is 5.95. The molecule has 0 atom stereocenters. The third-order valence-corrected chi connectivity index (χ3v) is 8.27. The highest BCUT2D eigenvalue weighted by atomic mass is 35.5. The van der Waals surface area contributed by atoms with Crippen molar-refractivity contribution in [2.75, 3.05) is 17.8 Å². The summed E-state index contributed by atoms with van der Waals surface area (Å²) in [4.78, 5) is 15.3. The zero-order valence-corrected chi connectivity index (χ0v) is 24.8. The average Bonchev–Trinajstić information content (AvgIpc) is 3.31. The third kappa shape index (κ3) is 10.9. The second kappa shape index (κ2) is 17.5. The van der Waals surface area contributed by atoms with Crippen molar-refractivity contribution >= 4 is 35.0 Å². The third-order valence-electron chi connectivity index (χ3n) is 6.99. The van der Waals surface area contributed by atoms with Crippen LogP contribution >= 0.6 is 23.4 Å². The van der Waals surface area contributed by atoms with Crippen LogP contribution in [-0.4, -0.2) is 23.3 Å². The van der Waals surface area contributed by atoms with E-state index >= 15 is 0 Å². The Morgan fingerprint density at radius 1 is 0.947 bits per heavy atom. The number of thioether (sulfide) groups is 1. The first-order valence-corrected chi connectivity index (χ1v) is 15.9. The summed E-state index contributed by atoms with van der Waals surface area (Å²) in [6.45, 7) is 5.85. The molecule has 2 aromatic carbocycles. The summed E-state index contributed by atoms with van der Waals surface area (Å²) >= 11 is 8.17. The minimum Gasteiger partial charge on any atom is -0.492 e. The lowest BCUT2D eigenvalue weighted by atomic mass is 10.1. The minimum atomic E-state index is -0.165. The van der Waals surface area contributed by atoms with E-state index in [1.165, 1.54) is 75.5 Å². The van der Waals surface area contributed by atoms with Gasteiger partial charge < -0.3 is 15.0 Å². The van der Waals surface area contributed by atoms with Gasteiger partial charge >= 0.3 is 0 Å². The van der Waals surface area contributed by atoms with Crippen LogP contribution in [0.4, 0.5) is 5.69 Å². The van der Waals surface area contributed by atoms with Gasteiger partial charge in [0.05, 0.1) is 17.5 Å². The van der Waals surface area contributed by atoms with Crippen LogP contribution in [0.25, 0.3) is 0 Å². The molecule has 1 N–H and O–H groups in total. The lowest BCUT2D eigenvalue weighted by Gasteiger charge is -2.19. The summed E-state index contributed by atoms with van der Waals surface area (Å²) in [7, 11) is 0. The Morgan fingerprint density at radius 2 is 1.63 bits per heavy atom. The monoisotopic (exact) mass is 556 g/mol. The largest absolute Gasteiger partial charge is 0.492 e. The summed E-state index contributed by atoms with van der Waals surface area (Å²) in [5, 5.41) is 5.74. The standard InChI is InChI=1S/C32H45ClN2O2S/c1-3-4-5-6-7-8-9-10-11-12-13-14-20-37-31-22-28(18-19-30(31)33)32(36)34-29-17-15-16-27(21-29)23-35-25-38-24-26(35)2/h15-19,21-22,24H,3-14,20,23,25H2,1-2H3,(H,34,36). The molecular weight excluding hydrogens is 512 g/mol. The molecule has 0 saturated heterocycles. The van der Waals surface area contributed by atoms with Gasteiger partial charge in [0.1, 0.15) is 5.75 Å². The van der Waals surface area contributed by atoms with Crippen LogP contribution in [0.15, 0.2) is 53.6 Å². The normalized spacial score (nSPS) is 13.0. The number of carbonyl (C=O) groups is 1. The maximum Gasteiger partial charge on any atom is 0.255 e. The Kier molecular flexibility index (Phi) is 14.0. The van der Waals surface area contributed by atoms with Crippen molar-refractivity contribution in [2.24, 2.45) is 0 Å². The topological polar surface area (TPSA) is 41.6 Å². The fraction of sp³-hybridized carbons (Fsp3) is 0.531. The molecule has 38 heavy (non-hydrogen) atoms. The van der Waals surface area contributed by atoms with Gasteiger partial charge in [-0.3, -0.25) is 4.79 Å². The van der Waals surface area contributed by atoms with Crippen LogP contribution < -0.4 is 10.1 Å². The Labute approximate surface area is 239 Å². The first-order chi connectivity index (χ1) is 18.6. The van der Waals surface area contributed by atoms with E-state index in [4.69, 9.17) is 16.3 Å². The van der Waals surface area contributed by atoms with Gasteiger partial charge in [-0.15, -0.1) is 11.8 Å². The molecule has 0 aliphatic carbocycles. The SMILES string of the molecule is CCCCCCCCCCCCCCOc1cc(C(=O)Nc2cccc(CN3CSC=C3C)c2)ccc1Cl. The number of nitrogens with zero attached hydrogens (tertiary/aromatic N) is 1. The second-order valence-electron chi connectivity index (χ2n) is 10.3. The van der Waals surface area contributed by atoms with E-state index in [-0.39, 0.29) is 5.91 Å². The first-order valence-electron chi connectivity index (χ1n) is 14.4. The number of ether oxygens (including phenoxy) is 1. The Morgan fingerprint density at radius 3 is 2.29 bits per heavy atom. The van der Waals surface area contributed by atoms with E-state index in [0.29, 0.717) is 22.9 Å². The molecule has 2 aromatic rings. The van der Waals surface area contributed by atoms with Gasteiger partial charge in [-0.2, -0.15) is 0 Å². The van der Waals surface area contributed by atoms with Crippen molar-refractivity contribution in [1.29, 1.82) is 0 Å². The molecular formula is C32H45ClN2O2S. The molecule has 0 aromatic heterocycles.